The van der Waals surface area contributed by atoms with Gasteiger partial charge in [-0.2, -0.15) is 5.26 Å². The van der Waals surface area contributed by atoms with Gasteiger partial charge in [-0.15, -0.1) is 0 Å². The summed E-state index contributed by atoms with van der Waals surface area (Å²) in [5, 5.41) is 35.3. The number of ketones is 1. The molecule has 7 nitrogen and oxygen atoms in total. The summed E-state index contributed by atoms with van der Waals surface area (Å²) in [6.07, 6.45) is -1.09. The SMILES string of the molecule is N#Cc1ccc(C(=O)CC(O)(C(=O)O)C(=O)O)cc1. The number of carbonyl (C=O) groups is 3. The second-order valence-electron chi connectivity index (χ2n) is 3.76. The Hall–Kier alpha value is -2.72. The standard InChI is InChI=1S/C12H9NO6/c13-6-7-1-3-8(4-2-7)9(14)5-12(19,10(15)16)11(17)18/h1-4,19H,5H2,(H,15,16)(H,17,18). The Bertz CT molecular complexity index is 555. The molecule has 98 valence electrons. The minimum Gasteiger partial charge on any atom is -0.479 e. The van der Waals surface area contributed by atoms with Gasteiger partial charge in [0.2, 0.25) is 0 Å². The van der Waals surface area contributed by atoms with Gasteiger partial charge >= 0.3 is 11.9 Å². The molecule has 7 heteroatoms. The van der Waals surface area contributed by atoms with Crippen molar-refractivity contribution in [2.24, 2.45) is 0 Å². The Morgan fingerprint density at radius 2 is 1.58 bits per heavy atom. The third-order valence-corrected chi connectivity index (χ3v) is 2.46. The van der Waals surface area contributed by atoms with Crippen LogP contribution in [0.15, 0.2) is 24.3 Å². The maximum atomic E-state index is 11.7. The fourth-order valence-electron chi connectivity index (χ4n) is 1.31. The number of hydrogen-bond donors (Lipinski definition) is 3. The normalized spacial score (nSPS) is 10.5. The van der Waals surface area contributed by atoms with Crippen LogP contribution in [-0.4, -0.2) is 38.6 Å². The molecule has 0 aromatic heterocycles. The van der Waals surface area contributed by atoms with E-state index in [-0.39, 0.29) is 5.56 Å². The number of carbonyl (C=O) groups excluding carboxylic acids is 1. The van der Waals surface area contributed by atoms with Crippen molar-refractivity contribution in [1.29, 1.82) is 5.26 Å². The number of aliphatic carboxylic acids is 2. The number of nitriles is 1. The van der Waals surface area contributed by atoms with Crippen LogP contribution in [0.3, 0.4) is 0 Å². The minimum absolute atomic E-state index is 0.0138. The van der Waals surface area contributed by atoms with Crippen LogP contribution in [0.4, 0.5) is 0 Å². The van der Waals surface area contributed by atoms with E-state index < -0.39 is 29.7 Å². The van der Waals surface area contributed by atoms with E-state index in [1.54, 1.807) is 0 Å². The van der Waals surface area contributed by atoms with E-state index in [1.807, 2.05) is 6.07 Å². The molecule has 0 heterocycles. The van der Waals surface area contributed by atoms with E-state index in [0.717, 1.165) is 0 Å². The van der Waals surface area contributed by atoms with Crippen LogP contribution in [0.1, 0.15) is 22.3 Å². The number of rotatable bonds is 5. The van der Waals surface area contributed by atoms with Gasteiger partial charge in [-0.3, -0.25) is 4.79 Å². The molecule has 0 fully saturated rings. The summed E-state index contributed by atoms with van der Waals surface area (Å²) in [6, 6.07) is 6.99. The lowest BCUT2D eigenvalue weighted by atomic mass is 9.94. The molecular weight excluding hydrogens is 254 g/mol. The first kappa shape index (κ1) is 14.3. The van der Waals surface area contributed by atoms with Crippen molar-refractivity contribution in [1.82, 2.24) is 0 Å². The Labute approximate surface area is 107 Å². The molecule has 0 spiro atoms. The molecule has 0 radical (unpaired) electrons. The number of Topliss-reactive ketones (excluding diaryl/α,β-unsaturated/α-hetero) is 1. The van der Waals surface area contributed by atoms with Crippen molar-refractivity contribution in [2.45, 2.75) is 12.0 Å². The molecule has 0 aliphatic rings. The lowest BCUT2D eigenvalue weighted by molar-refractivity contribution is -0.175. The summed E-state index contributed by atoms with van der Waals surface area (Å²) in [7, 11) is 0. The largest absolute Gasteiger partial charge is 0.479 e. The average molecular weight is 263 g/mol. The maximum absolute atomic E-state index is 11.7. The van der Waals surface area contributed by atoms with E-state index in [9.17, 15) is 19.5 Å². The van der Waals surface area contributed by atoms with E-state index in [0.29, 0.717) is 5.56 Å². The highest BCUT2D eigenvalue weighted by molar-refractivity contribution is 6.08. The van der Waals surface area contributed by atoms with Gasteiger partial charge in [0.1, 0.15) is 0 Å². The van der Waals surface area contributed by atoms with Crippen LogP contribution in [-0.2, 0) is 9.59 Å². The van der Waals surface area contributed by atoms with Crippen molar-refractivity contribution in [3.8, 4) is 6.07 Å². The third kappa shape index (κ3) is 2.94. The Balaban J connectivity index is 2.98. The Morgan fingerprint density at radius 1 is 1.11 bits per heavy atom. The molecule has 0 saturated heterocycles. The monoisotopic (exact) mass is 263 g/mol. The van der Waals surface area contributed by atoms with Gasteiger partial charge in [0.25, 0.3) is 5.60 Å². The summed E-state index contributed by atoms with van der Waals surface area (Å²) < 4.78 is 0. The molecule has 0 atom stereocenters. The van der Waals surface area contributed by atoms with Gasteiger partial charge in [-0.25, -0.2) is 9.59 Å². The molecule has 0 bridgehead atoms. The van der Waals surface area contributed by atoms with Crippen molar-refractivity contribution >= 4 is 17.7 Å². The van der Waals surface area contributed by atoms with Crippen molar-refractivity contribution in [3.63, 3.8) is 0 Å². The van der Waals surface area contributed by atoms with Gasteiger partial charge in [-0.05, 0) is 12.1 Å². The molecule has 1 aromatic carbocycles. The highest BCUT2D eigenvalue weighted by Gasteiger charge is 2.46. The Morgan fingerprint density at radius 3 is 1.95 bits per heavy atom. The smallest absolute Gasteiger partial charge is 0.348 e. The number of carboxylic acids is 2. The fraction of sp³-hybridized carbons (Fsp3) is 0.167. The van der Waals surface area contributed by atoms with Crippen molar-refractivity contribution in [2.75, 3.05) is 0 Å². The van der Waals surface area contributed by atoms with Gasteiger partial charge < -0.3 is 15.3 Å². The van der Waals surface area contributed by atoms with Crippen molar-refractivity contribution < 1.29 is 29.7 Å². The molecule has 19 heavy (non-hydrogen) atoms. The molecule has 1 aromatic rings. The summed E-state index contributed by atoms with van der Waals surface area (Å²) in [4.78, 5) is 33.1. The zero-order chi connectivity index (χ0) is 14.6. The van der Waals surface area contributed by atoms with Crippen molar-refractivity contribution in [3.05, 3.63) is 35.4 Å². The van der Waals surface area contributed by atoms with E-state index >= 15 is 0 Å². The first-order chi connectivity index (χ1) is 8.81. The van der Waals surface area contributed by atoms with E-state index in [4.69, 9.17) is 15.5 Å². The zero-order valence-electron chi connectivity index (χ0n) is 9.53. The molecule has 0 saturated carbocycles. The number of carboxylic acid groups (broad SMARTS) is 2. The zero-order valence-corrected chi connectivity index (χ0v) is 9.53. The third-order valence-electron chi connectivity index (χ3n) is 2.46. The minimum atomic E-state index is -3.16. The number of hydrogen-bond acceptors (Lipinski definition) is 5. The number of nitrogens with zero attached hydrogens (tertiary/aromatic N) is 1. The highest BCUT2D eigenvalue weighted by atomic mass is 16.4. The average Bonchev–Trinajstić information content (AvgIpc) is 2.38. The summed E-state index contributed by atoms with van der Waals surface area (Å²) in [6.45, 7) is 0. The lowest BCUT2D eigenvalue weighted by Crippen LogP contribution is -2.48. The highest BCUT2D eigenvalue weighted by Crippen LogP contribution is 2.16. The lowest BCUT2D eigenvalue weighted by Gasteiger charge is -2.17. The van der Waals surface area contributed by atoms with Gasteiger partial charge in [0.05, 0.1) is 18.1 Å². The fourth-order valence-corrected chi connectivity index (χ4v) is 1.31. The molecule has 3 N–H and O–H groups in total. The van der Waals surface area contributed by atoms with Crippen LogP contribution in [0.5, 0.6) is 0 Å². The van der Waals surface area contributed by atoms with Crippen LogP contribution in [0.25, 0.3) is 0 Å². The van der Waals surface area contributed by atoms with Crippen LogP contribution < -0.4 is 0 Å². The molecule has 0 aliphatic carbocycles. The second-order valence-corrected chi connectivity index (χ2v) is 3.76. The Kier molecular flexibility index (Phi) is 3.99. The van der Waals surface area contributed by atoms with Gasteiger partial charge in [-0.1, -0.05) is 12.1 Å². The second kappa shape index (κ2) is 5.29. The van der Waals surface area contributed by atoms with Crippen LogP contribution >= 0.6 is 0 Å². The molecule has 0 unspecified atom stereocenters. The molecule has 0 amide bonds. The van der Waals surface area contributed by atoms with E-state index in [1.165, 1.54) is 24.3 Å². The summed E-state index contributed by atoms with van der Waals surface area (Å²) in [5.41, 5.74) is -2.85. The molecular formula is C12H9NO6. The number of benzene rings is 1. The van der Waals surface area contributed by atoms with Crippen LogP contribution in [0.2, 0.25) is 0 Å². The van der Waals surface area contributed by atoms with Gasteiger partial charge in [0.15, 0.2) is 5.78 Å². The first-order valence-corrected chi connectivity index (χ1v) is 5.04. The number of aliphatic hydroxyl groups is 1. The van der Waals surface area contributed by atoms with Crippen LogP contribution in [0, 0.1) is 11.3 Å². The topological polar surface area (TPSA) is 136 Å². The maximum Gasteiger partial charge on any atom is 0.348 e. The van der Waals surface area contributed by atoms with Gasteiger partial charge in [0, 0.05) is 5.56 Å². The molecule has 1 rings (SSSR count). The summed E-state index contributed by atoms with van der Waals surface area (Å²) >= 11 is 0. The predicted octanol–water partition coefficient (Wildman–Crippen LogP) is 0.0314. The first-order valence-electron chi connectivity index (χ1n) is 5.04. The predicted molar refractivity (Wildman–Crippen MR) is 60.3 cm³/mol. The quantitative estimate of drug-likeness (QED) is 0.503. The summed E-state index contributed by atoms with van der Waals surface area (Å²) in [5.74, 6) is -4.87. The van der Waals surface area contributed by atoms with E-state index in [2.05, 4.69) is 0 Å². The molecule has 0 aliphatic heterocycles.